The molecule has 1 amide bonds. The zero-order chi connectivity index (χ0) is 16.4. The molecule has 0 N–H and O–H groups in total. The Labute approximate surface area is 142 Å². The number of aromatic nitrogens is 1. The van der Waals surface area contributed by atoms with Crippen LogP contribution in [0.25, 0.3) is 0 Å². The summed E-state index contributed by atoms with van der Waals surface area (Å²) in [5.41, 5.74) is 0. The molecular formula is C17H24ClN3O2. The average Bonchev–Trinajstić information content (AvgIpc) is 2.54. The highest BCUT2D eigenvalue weighted by Gasteiger charge is 2.32. The fourth-order valence-corrected chi connectivity index (χ4v) is 3.64. The first-order chi connectivity index (χ1) is 11.0. The molecule has 0 spiro atoms. The number of anilines is 1. The lowest BCUT2D eigenvalue weighted by Gasteiger charge is -2.39. The van der Waals surface area contributed by atoms with E-state index < -0.39 is 0 Å². The van der Waals surface area contributed by atoms with Crippen LogP contribution in [-0.4, -0.2) is 54.2 Å². The third-order valence-electron chi connectivity index (χ3n) is 4.61. The van der Waals surface area contributed by atoms with Crippen molar-refractivity contribution in [3.8, 4) is 0 Å². The number of pyridine rings is 1. The normalized spacial score (nSPS) is 26.4. The fraction of sp³-hybridized carbons (Fsp3) is 0.647. The van der Waals surface area contributed by atoms with E-state index in [-0.39, 0.29) is 24.0 Å². The fourth-order valence-electron chi connectivity index (χ4n) is 3.53. The quantitative estimate of drug-likeness (QED) is 0.832. The van der Waals surface area contributed by atoms with Gasteiger partial charge in [0.2, 0.25) is 5.91 Å². The number of morpholine rings is 1. The van der Waals surface area contributed by atoms with E-state index in [1.54, 1.807) is 6.20 Å². The Morgan fingerprint density at radius 1 is 1.22 bits per heavy atom. The summed E-state index contributed by atoms with van der Waals surface area (Å²) in [6, 6.07) is 3.80. The molecule has 2 saturated heterocycles. The summed E-state index contributed by atoms with van der Waals surface area (Å²) in [6.45, 7) is 7.21. The average molecular weight is 338 g/mol. The van der Waals surface area contributed by atoms with Crippen molar-refractivity contribution in [1.29, 1.82) is 0 Å². The molecule has 23 heavy (non-hydrogen) atoms. The lowest BCUT2D eigenvalue weighted by molar-refractivity contribution is -0.148. The number of ether oxygens (including phenoxy) is 1. The highest BCUT2D eigenvalue weighted by molar-refractivity contribution is 6.30. The maximum atomic E-state index is 12.8. The summed E-state index contributed by atoms with van der Waals surface area (Å²) in [5.74, 6) is 1.35. The number of piperidine rings is 1. The van der Waals surface area contributed by atoms with Crippen LogP contribution in [0, 0.1) is 5.92 Å². The number of halogens is 1. The monoisotopic (exact) mass is 337 g/mol. The van der Waals surface area contributed by atoms with E-state index in [4.69, 9.17) is 16.3 Å². The van der Waals surface area contributed by atoms with Gasteiger partial charge in [-0.3, -0.25) is 4.79 Å². The van der Waals surface area contributed by atoms with Crippen LogP contribution in [0.2, 0.25) is 5.02 Å². The van der Waals surface area contributed by atoms with Crippen LogP contribution >= 0.6 is 11.6 Å². The van der Waals surface area contributed by atoms with Crippen molar-refractivity contribution in [3.63, 3.8) is 0 Å². The molecule has 1 aromatic rings. The Bertz CT molecular complexity index is 533. The smallest absolute Gasteiger partial charge is 0.225 e. The minimum Gasteiger partial charge on any atom is -0.372 e. The highest BCUT2D eigenvalue weighted by atomic mass is 35.5. The first-order valence-corrected chi connectivity index (χ1v) is 8.71. The lowest BCUT2D eigenvalue weighted by Crippen LogP contribution is -2.51. The number of nitrogens with zero attached hydrogens (tertiary/aromatic N) is 3. The molecule has 5 nitrogen and oxygen atoms in total. The van der Waals surface area contributed by atoms with Crippen molar-refractivity contribution < 1.29 is 9.53 Å². The highest BCUT2D eigenvalue weighted by Crippen LogP contribution is 2.25. The summed E-state index contributed by atoms with van der Waals surface area (Å²) in [5, 5.41) is 0.648. The molecule has 0 radical (unpaired) electrons. The molecule has 3 heterocycles. The van der Waals surface area contributed by atoms with Gasteiger partial charge in [0.15, 0.2) is 0 Å². The van der Waals surface area contributed by atoms with Crippen LogP contribution in [-0.2, 0) is 9.53 Å². The van der Waals surface area contributed by atoms with Gasteiger partial charge in [0.05, 0.1) is 17.2 Å². The summed E-state index contributed by atoms with van der Waals surface area (Å²) >= 11 is 5.88. The SMILES string of the molecule is CC1CN(C(=O)C2CCN(c3ccc(Cl)cn3)CC2)CC(C)O1. The number of carbonyl (C=O) groups is 1. The van der Waals surface area contributed by atoms with Crippen molar-refractivity contribution in [3.05, 3.63) is 23.4 Å². The molecule has 3 rings (SSSR count). The van der Waals surface area contributed by atoms with Gasteiger partial charge in [-0.05, 0) is 38.8 Å². The molecule has 0 bridgehead atoms. The van der Waals surface area contributed by atoms with E-state index in [2.05, 4.69) is 9.88 Å². The number of carbonyl (C=O) groups excluding carboxylic acids is 1. The third kappa shape index (κ3) is 3.96. The van der Waals surface area contributed by atoms with Crippen LogP contribution in [0.1, 0.15) is 26.7 Å². The molecule has 6 heteroatoms. The van der Waals surface area contributed by atoms with Gasteiger partial charge >= 0.3 is 0 Å². The molecular weight excluding hydrogens is 314 g/mol. The second-order valence-corrected chi connectivity index (χ2v) is 7.03. The third-order valence-corrected chi connectivity index (χ3v) is 4.83. The molecule has 2 aliphatic rings. The maximum Gasteiger partial charge on any atom is 0.225 e. The summed E-state index contributed by atoms with van der Waals surface area (Å²) in [4.78, 5) is 21.3. The number of hydrogen-bond donors (Lipinski definition) is 0. The Morgan fingerprint density at radius 3 is 2.43 bits per heavy atom. The molecule has 126 valence electrons. The van der Waals surface area contributed by atoms with Gasteiger partial charge in [-0.25, -0.2) is 4.98 Å². The van der Waals surface area contributed by atoms with E-state index in [0.29, 0.717) is 18.1 Å². The Hall–Kier alpha value is -1.33. The van der Waals surface area contributed by atoms with Crippen molar-refractivity contribution in [2.45, 2.75) is 38.9 Å². The van der Waals surface area contributed by atoms with E-state index >= 15 is 0 Å². The van der Waals surface area contributed by atoms with Crippen molar-refractivity contribution >= 4 is 23.3 Å². The molecule has 1 aromatic heterocycles. The van der Waals surface area contributed by atoms with Crippen LogP contribution in [0.15, 0.2) is 18.3 Å². The maximum absolute atomic E-state index is 12.8. The summed E-state index contributed by atoms with van der Waals surface area (Å²) < 4.78 is 5.72. The number of rotatable bonds is 2. The Morgan fingerprint density at radius 2 is 1.87 bits per heavy atom. The predicted octanol–water partition coefficient (Wildman–Crippen LogP) is 2.59. The van der Waals surface area contributed by atoms with Gasteiger partial charge in [0.1, 0.15) is 5.82 Å². The number of hydrogen-bond acceptors (Lipinski definition) is 4. The van der Waals surface area contributed by atoms with E-state index in [1.165, 1.54) is 0 Å². The van der Waals surface area contributed by atoms with Gasteiger partial charge < -0.3 is 14.5 Å². The minimum atomic E-state index is 0.121. The first-order valence-electron chi connectivity index (χ1n) is 8.33. The van der Waals surface area contributed by atoms with Gasteiger partial charge in [-0.1, -0.05) is 11.6 Å². The van der Waals surface area contributed by atoms with E-state index in [1.807, 2.05) is 30.9 Å². The van der Waals surface area contributed by atoms with Gasteiger partial charge in [-0.2, -0.15) is 0 Å². The van der Waals surface area contributed by atoms with Crippen molar-refractivity contribution in [2.24, 2.45) is 5.92 Å². The number of amides is 1. The van der Waals surface area contributed by atoms with Crippen LogP contribution < -0.4 is 4.90 Å². The topological polar surface area (TPSA) is 45.7 Å². The van der Waals surface area contributed by atoms with Crippen LogP contribution in [0.3, 0.4) is 0 Å². The standard InChI is InChI=1S/C17H24ClN3O2/c1-12-10-21(11-13(2)23-12)17(22)14-5-7-20(8-6-14)16-4-3-15(18)9-19-16/h3-4,9,12-14H,5-8,10-11H2,1-2H3. The summed E-state index contributed by atoms with van der Waals surface area (Å²) in [7, 11) is 0. The van der Waals surface area contributed by atoms with Gasteiger partial charge in [0, 0.05) is 38.3 Å². The van der Waals surface area contributed by atoms with Crippen molar-refractivity contribution in [2.75, 3.05) is 31.1 Å². The molecule has 2 aliphatic heterocycles. The minimum absolute atomic E-state index is 0.121. The molecule has 0 aliphatic carbocycles. The van der Waals surface area contributed by atoms with Crippen molar-refractivity contribution in [1.82, 2.24) is 9.88 Å². The Kier molecular flexibility index (Phi) is 5.07. The first kappa shape index (κ1) is 16.5. The molecule has 2 atom stereocenters. The molecule has 0 saturated carbocycles. The Balaban J connectivity index is 1.56. The molecule has 2 unspecified atom stereocenters. The lowest BCUT2D eigenvalue weighted by atomic mass is 9.94. The summed E-state index contributed by atoms with van der Waals surface area (Å²) in [6.07, 6.45) is 3.68. The second kappa shape index (κ2) is 7.05. The largest absolute Gasteiger partial charge is 0.372 e. The zero-order valence-corrected chi connectivity index (χ0v) is 14.5. The van der Waals surface area contributed by atoms with Crippen LogP contribution in [0.5, 0.6) is 0 Å². The second-order valence-electron chi connectivity index (χ2n) is 6.60. The van der Waals surface area contributed by atoms with Gasteiger partial charge in [-0.15, -0.1) is 0 Å². The molecule has 2 fully saturated rings. The van der Waals surface area contributed by atoms with E-state index in [0.717, 1.165) is 31.7 Å². The predicted molar refractivity (Wildman–Crippen MR) is 90.8 cm³/mol. The van der Waals surface area contributed by atoms with Crippen LogP contribution in [0.4, 0.5) is 5.82 Å². The molecule has 0 aromatic carbocycles. The zero-order valence-electron chi connectivity index (χ0n) is 13.7. The van der Waals surface area contributed by atoms with Gasteiger partial charge in [0.25, 0.3) is 0 Å². The van der Waals surface area contributed by atoms with E-state index in [9.17, 15) is 4.79 Å².